The molecule has 0 bridgehead atoms. The van der Waals surface area contributed by atoms with Crippen LogP contribution in [0.3, 0.4) is 0 Å². The molecule has 0 aromatic carbocycles. The van der Waals surface area contributed by atoms with Crippen LogP contribution in [-0.2, 0) is 13.0 Å². The van der Waals surface area contributed by atoms with Gasteiger partial charge in [-0.25, -0.2) is 0 Å². The van der Waals surface area contributed by atoms with Gasteiger partial charge in [0, 0.05) is 18.5 Å². The van der Waals surface area contributed by atoms with E-state index in [1.165, 1.54) is 11.1 Å². The predicted octanol–water partition coefficient (Wildman–Crippen LogP) is 1.92. The second-order valence-corrected chi connectivity index (χ2v) is 2.74. The van der Waals surface area contributed by atoms with Crippen molar-refractivity contribution in [2.24, 2.45) is 5.73 Å². The van der Waals surface area contributed by atoms with E-state index in [9.17, 15) is 0 Å². The molecule has 1 heterocycles. The standard InChI is InChI=1S/C9H15NO/c1-4-9-8(5-10)6(2)7(3)11-9/h4-5,10H2,1-3H3. The van der Waals surface area contributed by atoms with E-state index in [0.717, 1.165) is 17.9 Å². The van der Waals surface area contributed by atoms with Gasteiger partial charge in [0.25, 0.3) is 0 Å². The molecule has 1 aromatic heterocycles. The lowest BCUT2D eigenvalue weighted by molar-refractivity contribution is 0.484. The molecule has 11 heavy (non-hydrogen) atoms. The van der Waals surface area contributed by atoms with Crippen LogP contribution in [0.15, 0.2) is 4.42 Å². The average molecular weight is 153 g/mol. The van der Waals surface area contributed by atoms with Crippen molar-refractivity contribution in [2.75, 3.05) is 0 Å². The number of rotatable bonds is 2. The van der Waals surface area contributed by atoms with Crippen LogP contribution in [0.4, 0.5) is 0 Å². The summed E-state index contributed by atoms with van der Waals surface area (Å²) >= 11 is 0. The van der Waals surface area contributed by atoms with Crippen molar-refractivity contribution in [3.05, 3.63) is 22.6 Å². The maximum Gasteiger partial charge on any atom is 0.108 e. The summed E-state index contributed by atoms with van der Waals surface area (Å²) in [5, 5.41) is 0. The molecule has 0 aliphatic carbocycles. The number of hydrogen-bond donors (Lipinski definition) is 1. The third-order valence-electron chi connectivity index (χ3n) is 2.12. The lowest BCUT2D eigenvalue weighted by Gasteiger charge is -1.95. The van der Waals surface area contributed by atoms with E-state index in [-0.39, 0.29) is 0 Å². The Labute approximate surface area is 67.4 Å². The molecule has 0 spiro atoms. The molecule has 0 fully saturated rings. The van der Waals surface area contributed by atoms with Gasteiger partial charge in [-0.3, -0.25) is 0 Å². The van der Waals surface area contributed by atoms with E-state index < -0.39 is 0 Å². The summed E-state index contributed by atoms with van der Waals surface area (Å²) in [5.74, 6) is 2.05. The largest absolute Gasteiger partial charge is 0.466 e. The van der Waals surface area contributed by atoms with E-state index >= 15 is 0 Å². The first kappa shape index (κ1) is 8.34. The molecule has 0 radical (unpaired) electrons. The third kappa shape index (κ3) is 1.31. The summed E-state index contributed by atoms with van der Waals surface area (Å²) in [7, 11) is 0. The Morgan fingerprint density at radius 1 is 1.36 bits per heavy atom. The molecule has 0 amide bonds. The third-order valence-corrected chi connectivity index (χ3v) is 2.12. The molecule has 2 heteroatoms. The van der Waals surface area contributed by atoms with Gasteiger partial charge in [-0.1, -0.05) is 6.92 Å². The van der Waals surface area contributed by atoms with Gasteiger partial charge < -0.3 is 10.2 Å². The molecule has 2 N–H and O–H groups in total. The highest BCUT2D eigenvalue weighted by Crippen LogP contribution is 2.20. The van der Waals surface area contributed by atoms with Gasteiger partial charge in [0.15, 0.2) is 0 Å². The smallest absolute Gasteiger partial charge is 0.108 e. The fourth-order valence-corrected chi connectivity index (χ4v) is 1.30. The second-order valence-electron chi connectivity index (χ2n) is 2.74. The minimum absolute atomic E-state index is 0.590. The zero-order valence-corrected chi connectivity index (χ0v) is 7.40. The summed E-state index contributed by atoms with van der Waals surface area (Å²) in [4.78, 5) is 0. The van der Waals surface area contributed by atoms with Crippen LogP contribution in [0.1, 0.15) is 29.6 Å². The number of nitrogens with two attached hydrogens (primary N) is 1. The molecule has 62 valence electrons. The number of furan rings is 1. The Balaban J connectivity index is 3.15. The van der Waals surface area contributed by atoms with Crippen LogP contribution in [0.25, 0.3) is 0 Å². The molecular formula is C9H15NO. The Kier molecular flexibility index (Phi) is 2.35. The molecule has 0 aliphatic rings. The van der Waals surface area contributed by atoms with Crippen LogP contribution >= 0.6 is 0 Å². The van der Waals surface area contributed by atoms with E-state index in [1.54, 1.807) is 0 Å². The van der Waals surface area contributed by atoms with Gasteiger partial charge in [0.05, 0.1) is 0 Å². The van der Waals surface area contributed by atoms with Crippen molar-refractivity contribution in [1.29, 1.82) is 0 Å². The maximum absolute atomic E-state index is 5.58. The highest BCUT2D eigenvalue weighted by Gasteiger charge is 2.10. The van der Waals surface area contributed by atoms with Crippen molar-refractivity contribution in [2.45, 2.75) is 33.7 Å². The number of hydrogen-bond acceptors (Lipinski definition) is 2. The van der Waals surface area contributed by atoms with Gasteiger partial charge in [-0.05, 0) is 19.4 Å². The summed E-state index contributed by atoms with van der Waals surface area (Å²) in [6.07, 6.45) is 0.932. The van der Waals surface area contributed by atoms with Crippen molar-refractivity contribution in [1.82, 2.24) is 0 Å². The second kappa shape index (κ2) is 3.09. The Bertz CT molecular complexity index is 250. The quantitative estimate of drug-likeness (QED) is 0.705. The first-order chi connectivity index (χ1) is 5.20. The van der Waals surface area contributed by atoms with E-state index in [4.69, 9.17) is 10.2 Å². The van der Waals surface area contributed by atoms with Gasteiger partial charge in [-0.15, -0.1) is 0 Å². The maximum atomic E-state index is 5.58. The lowest BCUT2D eigenvalue weighted by Crippen LogP contribution is -1.99. The summed E-state index contributed by atoms with van der Waals surface area (Å²) in [5.41, 5.74) is 7.98. The van der Waals surface area contributed by atoms with Gasteiger partial charge >= 0.3 is 0 Å². The summed E-state index contributed by atoms with van der Waals surface area (Å²) in [6, 6.07) is 0. The van der Waals surface area contributed by atoms with Crippen LogP contribution in [-0.4, -0.2) is 0 Å². The minimum atomic E-state index is 0.590. The predicted molar refractivity (Wildman–Crippen MR) is 45.5 cm³/mol. The van der Waals surface area contributed by atoms with Crippen LogP contribution < -0.4 is 5.73 Å². The summed E-state index contributed by atoms with van der Waals surface area (Å²) in [6.45, 7) is 6.71. The topological polar surface area (TPSA) is 39.2 Å². The molecule has 0 saturated carbocycles. The van der Waals surface area contributed by atoms with E-state index in [1.807, 2.05) is 6.92 Å². The number of aryl methyl sites for hydroxylation is 2. The van der Waals surface area contributed by atoms with Crippen LogP contribution in [0, 0.1) is 13.8 Å². The zero-order valence-electron chi connectivity index (χ0n) is 7.40. The molecule has 0 saturated heterocycles. The first-order valence-electron chi connectivity index (χ1n) is 3.98. The highest BCUT2D eigenvalue weighted by atomic mass is 16.3. The van der Waals surface area contributed by atoms with Gasteiger partial charge in [0.2, 0.25) is 0 Å². The highest BCUT2D eigenvalue weighted by molar-refractivity contribution is 5.31. The molecule has 1 rings (SSSR count). The minimum Gasteiger partial charge on any atom is -0.466 e. The zero-order chi connectivity index (χ0) is 8.43. The fourth-order valence-electron chi connectivity index (χ4n) is 1.30. The molecule has 0 unspecified atom stereocenters. The Morgan fingerprint density at radius 3 is 2.36 bits per heavy atom. The van der Waals surface area contributed by atoms with Crippen molar-refractivity contribution >= 4 is 0 Å². The Hall–Kier alpha value is -0.760. The molecular weight excluding hydrogens is 138 g/mol. The molecule has 1 aromatic rings. The van der Waals surface area contributed by atoms with Crippen LogP contribution in [0.5, 0.6) is 0 Å². The molecule has 0 aliphatic heterocycles. The van der Waals surface area contributed by atoms with Crippen LogP contribution in [0.2, 0.25) is 0 Å². The lowest BCUT2D eigenvalue weighted by atomic mass is 10.1. The first-order valence-corrected chi connectivity index (χ1v) is 3.98. The van der Waals surface area contributed by atoms with Crippen molar-refractivity contribution < 1.29 is 4.42 Å². The fraction of sp³-hybridized carbons (Fsp3) is 0.556. The van der Waals surface area contributed by atoms with Gasteiger partial charge in [-0.2, -0.15) is 0 Å². The van der Waals surface area contributed by atoms with Gasteiger partial charge in [0.1, 0.15) is 11.5 Å². The van der Waals surface area contributed by atoms with Crippen molar-refractivity contribution in [3.8, 4) is 0 Å². The van der Waals surface area contributed by atoms with Crippen molar-refractivity contribution in [3.63, 3.8) is 0 Å². The Morgan fingerprint density at radius 2 is 2.00 bits per heavy atom. The normalized spacial score (nSPS) is 10.5. The molecule has 2 nitrogen and oxygen atoms in total. The molecule has 0 atom stereocenters. The monoisotopic (exact) mass is 153 g/mol. The SMILES string of the molecule is CCc1oc(C)c(C)c1CN. The van der Waals surface area contributed by atoms with E-state index in [0.29, 0.717) is 6.54 Å². The summed E-state index contributed by atoms with van der Waals surface area (Å²) < 4.78 is 5.51. The van der Waals surface area contributed by atoms with E-state index in [2.05, 4.69) is 13.8 Å². The average Bonchev–Trinajstić information content (AvgIpc) is 2.28.